The Bertz CT molecular complexity index is 439. The van der Waals surface area contributed by atoms with Crippen LogP contribution in [0.25, 0.3) is 11.0 Å². The third-order valence-electron chi connectivity index (χ3n) is 1.61. The first-order valence-electron chi connectivity index (χ1n) is 3.55. The third-order valence-corrected chi connectivity index (χ3v) is 6.70. The Morgan fingerprint density at radius 1 is 1.23 bits per heavy atom. The van der Waals surface area contributed by atoms with E-state index in [1.165, 1.54) is 5.52 Å². The van der Waals surface area contributed by atoms with Gasteiger partial charge in [0.2, 0.25) is 0 Å². The van der Waals surface area contributed by atoms with E-state index in [1.54, 1.807) is 0 Å². The van der Waals surface area contributed by atoms with E-state index in [1.807, 2.05) is 18.2 Å². The summed E-state index contributed by atoms with van der Waals surface area (Å²) in [4.78, 5) is 0. The quantitative estimate of drug-likeness (QED) is 0.629. The summed E-state index contributed by atoms with van der Waals surface area (Å²) in [5.41, 5.74) is 2.25. The fourth-order valence-electron chi connectivity index (χ4n) is 1.07. The molecule has 0 saturated carbocycles. The summed E-state index contributed by atoms with van der Waals surface area (Å²) >= 11 is 10.8. The van der Waals surface area contributed by atoms with Gasteiger partial charge in [0.25, 0.3) is 0 Å². The van der Waals surface area contributed by atoms with E-state index in [0.717, 1.165) is 5.52 Å². The number of aromatic nitrogens is 2. The molecule has 0 aliphatic heterocycles. The zero-order valence-corrected chi connectivity index (χ0v) is 12.8. The van der Waals surface area contributed by atoms with Gasteiger partial charge in [-0.15, -0.1) is 0 Å². The van der Waals surface area contributed by atoms with Crippen LogP contribution >= 0.6 is 47.3 Å². The molecule has 13 heavy (non-hydrogen) atoms. The van der Waals surface area contributed by atoms with Gasteiger partial charge in [0.1, 0.15) is 0 Å². The summed E-state index contributed by atoms with van der Waals surface area (Å²) in [5, 5.41) is 0. The van der Waals surface area contributed by atoms with Crippen LogP contribution in [-0.2, 0) is 0 Å². The van der Waals surface area contributed by atoms with Crippen LogP contribution in [0, 0.1) is 0 Å². The number of rotatable bonds is 1. The van der Waals surface area contributed by atoms with Crippen LogP contribution < -0.4 is 3.47 Å². The molecule has 0 aliphatic carbocycles. The van der Waals surface area contributed by atoms with Gasteiger partial charge in [-0.25, -0.2) is 0 Å². The minimum atomic E-state index is -1.00. The number of nitrogens with zero attached hydrogens (tertiary/aromatic N) is 2. The summed E-state index contributed by atoms with van der Waals surface area (Å²) in [6.45, 7) is 0. The van der Waals surface area contributed by atoms with E-state index in [2.05, 4.69) is 60.8 Å². The van der Waals surface area contributed by atoms with Crippen LogP contribution in [0.2, 0.25) is 0 Å². The van der Waals surface area contributed by atoms with Crippen molar-refractivity contribution in [3.05, 3.63) is 24.3 Å². The Kier molecular flexibility index (Phi) is 3.01. The van der Waals surface area contributed by atoms with Crippen molar-refractivity contribution >= 4 is 76.0 Å². The Morgan fingerprint density at radius 3 is 2.62 bits per heavy atom. The number of halogens is 3. The summed E-state index contributed by atoms with van der Waals surface area (Å²) in [6, 6.07) is 8.14. The molecule has 0 aliphatic rings. The zero-order valence-electron chi connectivity index (χ0n) is 6.32. The van der Waals surface area contributed by atoms with E-state index in [-0.39, 0.29) is 15.0 Å². The van der Waals surface area contributed by atoms with Gasteiger partial charge in [-0.1, -0.05) is 0 Å². The van der Waals surface area contributed by atoms with Gasteiger partial charge in [-0.2, -0.15) is 0 Å². The molecule has 0 spiro atoms. The molecule has 2 nitrogen and oxygen atoms in total. The molecule has 2 rings (SSSR count). The summed E-state index contributed by atoms with van der Waals surface area (Å²) in [7, 11) is 0. The Morgan fingerprint density at radius 2 is 1.92 bits per heavy atom. The monoisotopic (exact) mass is 432 g/mol. The topological polar surface area (TPSA) is 16.8 Å². The van der Waals surface area contributed by atoms with Gasteiger partial charge >= 0.3 is 108 Å². The van der Waals surface area contributed by atoms with Crippen LogP contribution in [0.5, 0.6) is 0 Å². The number of hydrogen-bond acceptors (Lipinski definition) is 1. The van der Waals surface area contributed by atoms with Crippen LogP contribution in [-0.4, -0.2) is 21.7 Å². The molecule has 1 heterocycles. The molecule has 1 aromatic carbocycles. The molecule has 0 radical (unpaired) electrons. The second kappa shape index (κ2) is 3.78. The van der Waals surface area contributed by atoms with Gasteiger partial charge in [0.15, 0.2) is 0 Å². The molecule has 0 unspecified atom stereocenters. The molecule has 0 N–H and O–H groups in total. The molecule has 0 atom stereocenters. The van der Waals surface area contributed by atoms with Crippen molar-refractivity contribution < 1.29 is 3.47 Å². The van der Waals surface area contributed by atoms with Crippen LogP contribution in [0.4, 0.5) is 0 Å². The first-order valence-corrected chi connectivity index (χ1v) is 7.83. The first kappa shape index (κ1) is 10.4. The number of fused-ring (bicyclic) bond motifs is 1. The number of benzene rings is 1. The predicted molar refractivity (Wildman–Crippen MR) is 66.8 cm³/mol. The third kappa shape index (κ3) is 2.10. The summed E-state index contributed by atoms with van der Waals surface area (Å²) in [5.74, 6) is 0. The van der Waals surface area contributed by atoms with Crippen molar-refractivity contribution in [3.8, 4) is 0 Å². The van der Waals surface area contributed by atoms with Gasteiger partial charge in [0.05, 0.1) is 0 Å². The molecule has 7 heteroatoms. The normalized spacial score (nSPS) is 12.2. The van der Waals surface area contributed by atoms with Gasteiger partial charge in [-0.3, -0.25) is 0 Å². The molecule has 68 valence electrons. The molecule has 2 aromatic rings. The number of para-hydroxylation sites is 1. The molecule has 0 saturated heterocycles. The fraction of sp³-hybridized carbons (Fsp3) is 0. The molecule has 0 bridgehead atoms. The zero-order chi connectivity index (χ0) is 9.47. The minimum absolute atomic E-state index is 0.125. The van der Waals surface area contributed by atoms with Crippen molar-refractivity contribution in [1.82, 2.24) is 3.98 Å². The van der Waals surface area contributed by atoms with E-state index in [0.29, 0.717) is 0 Å². The van der Waals surface area contributed by atoms with Gasteiger partial charge in [0, 0.05) is 0 Å². The predicted octanol–water partition coefficient (Wildman–Crippen LogP) is 2.05. The summed E-state index contributed by atoms with van der Waals surface area (Å²) < 4.78 is 5.66. The van der Waals surface area contributed by atoms with Crippen LogP contribution in [0.15, 0.2) is 24.3 Å². The van der Waals surface area contributed by atoms with Crippen molar-refractivity contribution in [3.63, 3.8) is 0 Å². The van der Waals surface area contributed by atoms with Crippen LogP contribution in [0.3, 0.4) is 0 Å². The van der Waals surface area contributed by atoms with E-state index >= 15 is 0 Å². The second-order valence-corrected chi connectivity index (χ2v) is 11.7. The maximum absolute atomic E-state index is 4.46. The second-order valence-electron chi connectivity index (χ2n) is 2.53. The van der Waals surface area contributed by atoms with Gasteiger partial charge in [-0.05, 0) is 0 Å². The Hall–Kier alpha value is 0.844. The molecule has 0 amide bonds. The average Bonchev–Trinajstić information content (AvgIpc) is 2.45. The summed E-state index contributed by atoms with van der Waals surface area (Å²) in [6.07, 6.45) is 0. The van der Waals surface area contributed by atoms with E-state index in [4.69, 9.17) is 0 Å². The van der Waals surface area contributed by atoms with Crippen molar-refractivity contribution in [2.24, 2.45) is 0 Å². The van der Waals surface area contributed by atoms with Crippen LogP contribution in [0.1, 0.15) is 0 Å². The standard InChI is InChI=1S/C6H4BBr3N2Se/c8-7(9,10)12-6-4-2-1-3-5(6)11-13-12/h1-4H. The molecular weight excluding hydrogens is 430 g/mol. The Labute approximate surface area is 107 Å². The van der Waals surface area contributed by atoms with E-state index < -0.39 is 2.75 Å². The molecule has 0 fully saturated rings. The first-order chi connectivity index (χ1) is 6.09. The SMILES string of the molecule is Br[B-](Br)(Br)[n+]1[se]nc2ccccc21. The average molecular weight is 434 g/mol. The molecular formula is C6H4BBr3N2Se. The fourth-order valence-corrected chi connectivity index (χ4v) is 4.32. The maximum atomic E-state index is 4.46. The van der Waals surface area contributed by atoms with Crippen molar-refractivity contribution in [1.29, 1.82) is 0 Å². The number of hydrogen-bond donors (Lipinski definition) is 0. The Balaban J connectivity index is 2.72. The molecule has 1 aromatic heterocycles. The van der Waals surface area contributed by atoms with Crippen molar-refractivity contribution in [2.45, 2.75) is 0 Å². The van der Waals surface area contributed by atoms with E-state index in [9.17, 15) is 0 Å². The van der Waals surface area contributed by atoms with Gasteiger partial charge < -0.3 is 0 Å². The van der Waals surface area contributed by atoms with Crippen molar-refractivity contribution in [2.75, 3.05) is 0 Å².